The topological polar surface area (TPSA) is 0 Å². The van der Waals surface area contributed by atoms with E-state index in [4.69, 9.17) is 0 Å². The predicted molar refractivity (Wildman–Crippen MR) is 51.8 cm³/mol. The molecule has 0 spiro atoms. The van der Waals surface area contributed by atoms with Gasteiger partial charge in [-0.15, -0.1) is 0 Å². The first-order valence-electron chi connectivity index (χ1n) is 4.17. The third-order valence-corrected chi connectivity index (χ3v) is 1.69. The fourth-order valence-corrected chi connectivity index (χ4v) is 0.971. The maximum Gasteiger partial charge on any atom is -0.00633 e. The highest BCUT2D eigenvalue weighted by molar-refractivity contribution is 7.80. The Bertz CT molecular complexity index is 76.8. The lowest BCUT2D eigenvalue weighted by atomic mass is 10.2. The molecule has 0 fully saturated rings. The van der Waals surface area contributed by atoms with E-state index in [-0.39, 0.29) is 0 Å². The second kappa shape index (κ2) is 9.09. The fourth-order valence-electron chi connectivity index (χ4n) is 0.822. The van der Waals surface area contributed by atoms with Crippen molar-refractivity contribution < 1.29 is 0 Å². The van der Waals surface area contributed by atoms with Crippen molar-refractivity contribution in [3.05, 3.63) is 12.2 Å². The number of hydrogen-bond acceptors (Lipinski definition) is 1. The van der Waals surface area contributed by atoms with Crippen molar-refractivity contribution >= 4 is 12.6 Å². The first-order chi connectivity index (χ1) is 4.91. The van der Waals surface area contributed by atoms with Crippen LogP contribution in [0.15, 0.2) is 12.2 Å². The van der Waals surface area contributed by atoms with Crippen LogP contribution in [0.4, 0.5) is 0 Å². The van der Waals surface area contributed by atoms with Crippen molar-refractivity contribution in [1.82, 2.24) is 0 Å². The van der Waals surface area contributed by atoms with Gasteiger partial charge in [0.1, 0.15) is 0 Å². The van der Waals surface area contributed by atoms with Crippen LogP contribution in [0.25, 0.3) is 0 Å². The molecule has 0 rings (SSSR count). The number of thiol groups is 1. The third-order valence-electron chi connectivity index (χ3n) is 1.44. The molecule has 0 nitrogen and oxygen atoms in total. The zero-order valence-electron chi connectivity index (χ0n) is 6.84. The lowest BCUT2D eigenvalue weighted by Gasteiger charge is -1.90. The van der Waals surface area contributed by atoms with E-state index in [1.54, 1.807) is 0 Å². The van der Waals surface area contributed by atoms with Gasteiger partial charge in [0.15, 0.2) is 0 Å². The molecule has 0 amide bonds. The molecule has 10 heavy (non-hydrogen) atoms. The van der Waals surface area contributed by atoms with E-state index >= 15 is 0 Å². The van der Waals surface area contributed by atoms with Gasteiger partial charge in [0.2, 0.25) is 0 Å². The first-order valence-corrected chi connectivity index (χ1v) is 4.81. The zero-order valence-corrected chi connectivity index (χ0v) is 7.74. The molecule has 0 N–H and O–H groups in total. The van der Waals surface area contributed by atoms with Crippen LogP contribution in [0.2, 0.25) is 0 Å². The molecule has 0 aromatic rings. The van der Waals surface area contributed by atoms with E-state index in [0.717, 1.165) is 12.2 Å². The molecule has 0 aliphatic rings. The van der Waals surface area contributed by atoms with E-state index in [0.29, 0.717) is 0 Å². The Hall–Kier alpha value is 0.0900. The molecule has 0 saturated carbocycles. The van der Waals surface area contributed by atoms with Gasteiger partial charge in [0.05, 0.1) is 0 Å². The highest BCUT2D eigenvalue weighted by Crippen LogP contribution is 2.00. The van der Waals surface area contributed by atoms with Crippen molar-refractivity contribution in [1.29, 1.82) is 0 Å². The molecule has 0 aliphatic heterocycles. The Morgan fingerprint density at radius 1 is 1.10 bits per heavy atom. The molecule has 0 bridgehead atoms. The second-order valence-electron chi connectivity index (χ2n) is 2.48. The summed E-state index contributed by atoms with van der Waals surface area (Å²) in [7, 11) is 0. The Balaban J connectivity index is 2.88. The number of allylic oxidation sites excluding steroid dienone is 2. The van der Waals surface area contributed by atoms with Crippen molar-refractivity contribution in [2.24, 2.45) is 0 Å². The SMILES string of the molecule is CCCCC/C=C/CCS. The van der Waals surface area contributed by atoms with Gasteiger partial charge in [-0.2, -0.15) is 12.6 Å². The summed E-state index contributed by atoms with van der Waals surface area (Å²) >= 11 is 4.11. The van der Waals surface area contributed by atoms with E-state index in [1.165, 1.54) is 25.7 Å². The lowest BCUT2D eigenvalue weighted by Crippen LogP contribution is -1.71. The summed E-state index contributed by atoms with van der Waals surface area (Å²) < 4.78 is 0. The molecular weight excluding hydrogens is 140 g/mol. The van der Waals surface area contributed by atoms with Gasteiger partial charge in [-0.1, -0.05) is 31.9 Å². The average Bonchev–Trinajstić information content (AvgIpc) is 1.97. The summed E-state index contributed by atoms with van der Waals surface area (Å²) in [6.45, 7) is 2.23. The minimum atomic E-state index is 0.976. The highest BCUT2D eigenvalue weighted by atomic mass is 32.1. The Morgan fingerprint density at radius 2 is 1.80 bits per heavy atom. The molecule has 60 valence electrons. The predicted octanol–water partition coefficient (Wildman–Crippen LogP) is 3.44. The summed E-state index contributed by atoms with van der Waals surface area (Å²) in [6, 6.07) is 0. The van der Waals surface area contributed by atoms with Crippen LogP contribution >= 0.6 is 12.6 Å². The number of unbranched alkanes of at least 4 members (excludes halogenated alkanes) is 3. The lowest BCUT2D eigenvalue weighted by molar-refractivity contribution is 0.728. The van der Waals surface area contributed by atoms with E-state index < -0.39 is 0 Å². The largest absolute Gasteiger partial charge is 0.179 e. The fraction of sp³-hybridized carbons (Fsp3) is 0.778. The van der Waals surface area contributed by atoms with E-state index in [1.807, 2.05) is 0 Å². The summed E-state index contributed by atoms with van der Waals surface area (Å²) in [5.41, 5.74) is 0. The maximum atomic E-state index is 4.11. The number of rotatable bonds is 6. The van der Waals surface area contributed by atoms with Crippen LogP contribution in [-0.4, -0.2) is 5.75 Å². The monoisotopic (exact) mass is 158 g/mol. The van der Waals surface area contributed by atoms with E-state index in [9.17, 15) is 0 Å². The Morgan fingerprint density at radius 3 is 2.40 bits per heavy atom. The zero-order chi connectivity index (χ0) is 7.66. The molecule has 0 heterocycles. The Labute approximate surface area is 70.1 Å². The molecule has 0 saturated heterocycles. The quantitative estimate of drug-likeness (QED) is 0.342. The van der Waals surface area contributed by atoms with Crippen LogP contribution in [-0.2, 0) is 0 Å². The van der Waals surface area contributed by atoms with Crippen LogP contribution < -0.4 is 0 Å². The normalized spacial score (nSPS) is 11.0. The van der Waals surface area contributed by atoms with Crippen molar-refractivity contribution in [2.75, 3.05) is 5.75 Å². The summed E-state index contributed by atoms with van der Waals surface area (Å²) in [6.07, 6.45) is 10.9. The van der Waals surface area contributed by atoms with Crippen LogP contribution in [0.1, 0.15) is 39.0 Å². The first kappa shape index (κ1) is 10.1. The molecule has 0 aromatic carbocycles. The second-order valence-corrected chi connectivity index (χ2v) is 2.93. The van der Waals surface area contributed by atoms with E-state index in [2.05, 4.69) is 31.7 Å². The van der Waals surface area contributed by atoms with Crippen LogP contribution in [0.3, 0.4) is 0 Å². The van der Waals surface area contributed by atoms with Crippen LogP contribution in [0, 0.1) is 0 Å². The average molecular weight is 158 g/mol. The molecule has 0 atom stereocenters. The van der Waals surface area contributed by atoms with Gasteiger partial charge in [-0.25, -0.2) is 0 Å². The standard InChI is InChI=1S/C9H18S/c1-2-3-4-5-6-7-8-9-10/h6-7,10H,2-5,8-9H2,1H3/b7-6+. The third kappa shape index (κ3) is 8.09. The van der Waals surface area contributed by atoms with Crippen LogP contribution in [0.5, 0.6) is 0 Å². The minimum absolute atomic E-state index is 0.976. The summed E-state index contributed by atoms with van der Waals surface area (Å²) in [5.74, 6) is 0.976. The van der Waals surface area contributed by atoms with Crippen molar-refractivity contribution in [2.45, 2.75) is 39.0 Å². The molecule has 1 heteroatoms. The molecule has 0 radical (unpaired) electrons. The van der Waals surface area contributed by atoms with Crippen molar-refractivity contribution in [3.63, 3.8) is 0 Å². The van der Waals surface area contributed by atoms with Gasteiger partial charge >= 0.3 is 0 Å². The molecular formula is C9H18S. The van der Waals surface area contributed by atoms with Crippen molar-refractivity contribution in [3.8, 4) is 0 Å². The van der Waals surface area contributed by atoms with Gasteiger partial charge in [-0.3, -0.25) is 0 Å². The Kier molecular flexibility index (Phi) is 9.17. The van der Waals surface area contributed by atoms with Gasteiger partial charge in [0, 0.05) is 0 Å². The van der Waals surface area contributed by atoms with Gasteiger partial charge < -0.3 is 0 Å². The summed E-state index contributed by atoms with van der Waals surface area (Å²) in [5, 5.41) is 0. The molecule has 0 aromatic heterocycles. The summed E-state index contributed by atoms with van der Waals surface area (Å²) in [4.78, 5) is 0. The van der Waals surface area contributed by atoms with Gasteiger partial charge in [-0.05, 0) is 25.0 Å². The molecule has 0 aliphatic carbocycles. The minimum Gasteiger partial charge on any atom is -0.179 e. The van der Waals surface area contributed by atoms with Gasteiger partial charge in [0.25, 0.3) is 0 Å². The smallest absolute Gasteiger partial charge is 0.00633 e. The molecule has 0 unspecified atom stereocenters. The number of hydrogen-bond donors (Lipinski definition) is 1. The highest BCUT2D eigenvalue weighted by Gasteiger charge is 1.80. The maximum absolute atomic E-state index is 4.11.